The Balaban J connectivity index is 1.44. The molecule has 30 heavy (non-hydrogen) atoms. The molecular formula is C24H24N2O4. The van der Waals surface area contributed by atoms with E-state index in [1.54, 1.807) is 30.3 Å². The normalized spacial score (nSPS) is 10.2. The molecule has 6 heteroatoms. The summed E-state index contributed by atoms with van der Waals surface area (Å²) in [6.45, 7) is 0. The van der Waals surface area contributed by atoms with E-state index in [9.17, 15) is 9.59 Å². The number of aryl methyl sites for hydroxylation is 1. The molecule has 0 saturated carbocycles. The topological polar surface area (TPSA) is 67.9 Å². The fourth-order valence-electron chi connectivity index (χ4n) is 2.72. The Morgan fingerprint density at radius 3 is 2.03 bits per heavy atom. The minimum absolute atomic E-state index is 0.203. The molecule has 0 atom stereocenters. The van der Waals surface area contributed by atoms with Gasteiger partial charge in [0.1, 0.15) is 11.5 Å². The fourth-order valence-corrected chi connectivity index (χ4v) is 2.72. The number of anilines is 1. The first-order chi connectivity index (χ1) is 14.5. The zero-order valence-electron chi connectivity index (χ0n) is 17.0. The number of carbonyl (C=O) groups excluding carboxylic acids is 2. The first kappa shape index (κ1) is 20.9. The van der Waals surface area contributed by atoms with E-state index in [0.29, 0.717) is 12.0 Å². The van der Waals surface area contributed by atoms with E-state index < -0.39 is 5.97 Å². The van der Waals surface area contributed by atoms with Gasteiger partial charge in [-0.05, 0) is 60.5 Å². The Kier molecular flexibility index (Phi) is 7.05. The standard InChI is InChI=1S/C24H24N2O4/c1-26(2)20-11-15-22(16-12-20)29-21-13-8-18(9-14-21)10-17-23(27)25-30-24(28)19-6-4-3-5-7-19/h3-9,11-16H,10,17H2,1-2H3,(H,25,27). The fraction of sp³-hybridized carbons (Fsp3) is 0.167. The Hall–Kier alpha value is -3.80. The summed E-state index contributed by atoms with van der Waals surface area (Å²) in [5.41, 5.74) is 4.65. The van der Waals surface area contributed by atoms with Crippen LogP contribution in [0.5, 0.6) is 11.5 Å². The second-order valence-corrected chi connectivity index (χ2v) is 6.92. The van der Waals surface area contributed by atoms with Gasteiger partial charge in [0.15, 0.2) is 0 Å². The van der Waals surface area contributed by atoms with Crippen molar-refractivity contribution in [1.82, 2.24) is 5.48 Å². The van der Waals surface area contributed by atoms with E-state index in [4.69, 9.17) is 9.57 Å². The molecule has 0 radical (unpaired) electrons. The quantitative estimate of drug-likeness (QED) is 0.593. The highest BCUT2D eigenvalue weighted by Crippen LogP contribution is 2.24. The van der Waals surface area contributed by atoms with Gasteiger partial charge in [-0.15, -0.1) is 0 Å². The Morgan fingerprint density at radius 1 is 0.833 bits per heavy atom. The van der Waals surface area contributed by atoms with Crippen LogP contribution in [0.15, 0.2) is 78.9 Å². The molecule has 1 N–H and O–H groups in total. The average Bonchev–Trinajstić information content (AvgIpc) is 2.78. The Morgan fingerprint density at radius 2 is 1.43 bits per heavy atom. The summed E-state index contributed by atoms with van der Waals surface area (Å²) in [6, 6.07) is 23.9. The van der Waals surface area contributed by atoms with Gasteiger partial charge in [0, 0.05) is 26.2 Å². The highest BCUT2D eigenvalue weighted by Gasteiger charge is 2.09. The monoisotopic (exact) mass is 404 g/mol. The lowest BCUT2D eigenvalue weighted by Gasteiger charge is -2.13. The first-order valence-corrected chi connectivity index (χ1v) is 9.60. The van der Waals surface area contributed by atoms with Crippen LogP contribution in [0.3, 0.4) is 0 Å². The predicted molar refractivity (Wildman–Crippen MR) is 116 cm³/mol. The zero-order valence-corrected chi connectivity index (χ0v) is 17.0. The molecule has 154 valence electrons. The molecule has 0 aliphatic rings. The number of rotatable bonds is 7. The number of amides is 1. The Labute approximate surface area is 176 Å². The number of ether oxygens (including phenoxy) is 1. The van der Waals surface area contributed by atoms with Gasteiger partial charge in [0.2, 0.25) is 0 Å². The van der Waals surface area contributed by atoms with Crippen molar-refractivity contribution in [1.29, 1.82) is 0 Å². The molecule has 0 heterocycles. The molecule has 3 aromatic carbocycles. The highest BCUT2D eigenvalue weighted by atomic mass is 16.7. The van der Waals surface area contributed by atoms with Crippen molar-refractivity contribution in [3.63, 3.8) is 0 Å². The molecule has 0 bridgehead atoms. The molecule has 1 amide bonds. The average molecular weight is 404 g/mol. The lowest BCUT2D eigenvalue weighted by Crippen LogP contribution is -2.27. The summed E-state index contributed by atoms with van der Waals surface area (Å²) in [4.78, 5) is 30.6. The number of nitrogens with zero attached hydrogens (tertiary/aromatic N) is 1. The van der Waals surface area contributed by atoms with Gasteiger partial charge in [-0.3, -0.25) is 4.79 Å². The molecule has 0 spiro atoms. The molecule has 0 aliphatic carbocycles. The second-order valence-electron chi connectivity index (χ2n) is 6.92. The molecule has 0 aromatic heterocycles. The minimum Gasteiger partial charge on any atom is -0.457 e. The van der Waals surface area contributed by atoms with Crippen molar-refractivity contribution in [2.75, 3.05) is 19.0 Å². The van der Waals surface area contributed by atoms with Crippen LogP contribution in [0.4, 0.5) is 5.69 Å². The largest absolute Gasteiger partial charge is 0.457 e. The van der Waals surface area contributed by atoms with Crippen molar-refractivity contribution in [3.8, 4) is 11.5 Å². The van der Waals surface area contributed by atoms with Gasteiger partial charge in [-0.2, -0.15) is 5.48 Å². The van der Waals surface area contributed by atoms with E-state index >= 15 is 0 Å². The van der Waals surface area contributed by atoms with Gasteiger partial charge in [0.25, 0.3) is 5.91 Å². The van der Waals surface area contributed by atoms with Crippen molar-refractivity contribution in [2.45, 2.75) is 12.8 Å². The highest BCUT2D eigenvalue weighted by molar-refractivity contribution is 5.90. The third kappa shape index (κ3) is 6.10. The molecule has 0 aliphatic heterocycles. The van der Waals surface area contributed by atoms with Crippen LogP contribution < -0.4 is 15.1 Å². The van der Waals surface area contributed by atoms with E-state index in [2.05, 4.69) is 5.48 Å². The van der Waals surface area contributed by atoms with Crippen molar-refractivity contribution < 1.29 is 19.2 Å². The number of hydrogen-bond donors (Lipinski definition) is 1. The van der Waals surface area contributed by atoms with Crippen LogP contribution in [0.25, 0.3) is 0 Å². The first-order valence-electron chi connectivity index (χ1n) is 9.60. The van der Waals surface area contributed by atoms with Crippen LogP contribution >= 0.6 is 0 Å². The number of nitrogens with one attached hydrogen (secondary N) is 1. The van der Waals surface area contributed by atoms with Gasteiger partial charge >= 0.3 is 5.97 Å². The number of benzene rings is 3. The number of hydrogen-bond acceptors (Lipinski definition) is 5. The number of hydroxylamine groups is 1. The Bertz CT molecular complexity index is 968. The molecular weight excluding hydrogens is 380 g/mol. The number of carbonyl (C=O) groups is 2. The molecule has 0 fully saturated rings. The van der Waals surface area contributed by atoms with Crippen molar-refractivity contribution in [3.05, 3.63) is 90.0 Å². The summed E-state index contributed by atoms with van der Waals surface area (Å²) in [5.74, 6) is 0.523. The van der Waals surface area contributed by atoms with Crippen LogP contribution in [0, 0.1) is 0 Å². The zero-order chi connectivity index (χ0) is 21.3. The maximum absolute atomic E-state index is 11.9. The summed E-state index contributed by atoms with van der Waals surface area (Å²) in [7, 11) is 3.98. The molecule has 6 nitrogen and oxygen atoms in total. The van der Waals surface area contributed by atoms with Gasteiger partial charge in [-0.25, -0.2) is 4.79 Å². The van der Waals surface area contributed by atoms with Gasteiger partial charge < -0.3 is 14.5 Å². The summed E-state index contributed by atoms with van der Waals surface area (Å²) >= 11 is 0. The van der Waals surface area contributed by atoms with Crippen LogP contribution in [-0.4, -0.2) is 26.0 Å². The molecule has 0 saturated heterocycles. The lowest BCUT2D eigenvalue weighted by atomic mass is 10.1. The van der Waals surface area contributed by atoms with E-state index in [1.165, 1.54) is 0 Å². The maximum atomic E-state index is 11.9. The predicted octanol–water partition coefficient (Wildman–Crippen LogP) is 4.37. The SMILES string of the molecule is CN(C)c1ccc(Oc2ccc(CCC(=O)NOC(=O)c3ccccc3)cc2)cc1. The third-order valence-electron chi connectivity index (χ3n) is 4.42. The summed E-state index contributed by atoms with van der Waals surface area (Å²) in [6.07, 6.45) is 0.723. The molecule has 3 rings (SSSR count). The molecule has 0 unspecified atom stereocenters. The summed E-state index contributed by atoms with van der Waals surface area (Å²) < 4.78 is 5.85. The third-order valence-corrected chi connectivity index (χ3v) is 4.42. The molecule has 3 aromatic rings. The van der Waals surface area contributed by atoms with E-state index in [0.717, 1.165) is 22.7 Å². The van der Waals surface area contributed by atoms with Crippen LogP contribution in [0.1, 0.15) is 22.3 Å². The van der Waals surface area contributed by atoms with Gasteiger partial charge in [-0.1, -0.05) is 30.3 Å². The minimum atomic E-state index is -0.593. The van der Waals surface area contributed by atoms with Crippen molar-refractivity contribution >= 4 is 17.6 Å². The van der Waals surface area contributed by atoms with Crippen molar-refractivity contribution in [2.24, 2.45) is 0 Å². The van der Waals surface area contributed by atoms with Gasteiger partial charge in [0.05, 0.1) is 5.56 Å². The lowest BCUT2D eigenvalue weighted by molar-refractivity contribution is -0.129. The van der Waals surface area contributed by atoms with Crippen LogP contribution in [0.2, 0.25) is 0 Å². The second kappa shape index (κ2) is 10.1. The maximum Gasteiger partial charge on any atom is 0.362 e. The van der Waals surface area contributed by atoms with Crippen LogP contribution in [-0.2, 0) is 16.1 Å². The summed E-state index contributed by atoms with van der Waals surface area (Å²) in [5, 5.41) is 0. The van der Waals surface area contributed by atoms with E-state index in [-0.39, 0.29) is 12.3 Å². The van der Waals surface area contributed by atoms with E-state index in [1.807, 2.05) is 67.5 Å². The smallest absolute Gasteiger partial charge is 0.362 e.